The summed E-state index contributed by atoms with van der Waals surface area (Å²) in [7, 11) is -2.69. The minimum absolute atomic E-state index is 0.00940. The molecular weight excluding hydrogens is 540 g/mol. The molecule has 0 bridgehead atoms. The van der Waals surface area contributed by atoms with Crippen molar-refractivity contribution in [2.45, 2.75) is 30.7 Å². The first-order chi connectivity index (χ1) is 18.6. The quantitative estimate of drug-likeness (QED) is 0.385. The third-order valence-corrected chi connectivity index (χ3v) is 8.52. The first kappa shape index (κ1) is 28.4. The molecule has 0 radical (unpaired) electrons. The van der Waals surface area contributed by atoms with Gasteiger partial charge in [0.15, 0.2) is 0 Å². The third kappa shape index (κ3) is 6.72. The molecule has 39 heavy (non-hydrogen) atoms. The fourth-order valence-electron chi connectivity index (χ4n) is 4.86. The summed E-state index contributed by atoms with van der Waals surface area (Å²) in [6, 6.07) is 12.0. The number of hydrogen-bond donors (Lipinski definition) is 2. The molecule has 208 valence electrons. The molecule has 2 heterocycles. The van der Waals surface area contributed by atoms with Crippen molar-refractivity contribution in [1.82, 2.24) is 4.90 Å². The second-order valence-corrected chi connectivity index (χ2v) is 11.5. The van der Waals surface area contributed by atoms with E-state index in [1.54, 1.807) is 12.1 Å². The van der Waals surface area contributed by atoms with Gasteiger partial charge in [-0.25, -0.2) is 0 Å². The summed E-state index contributed by atoms with van der Waals surface area (Å²) in [5.74, 6) is -0.329. The number of aryl methyl sites for hydroxylation is 1. The second-order valence-electron chi connectivity index (χ2n) is 9.45. The number of hydrogen-bond acceptors (Lipinski definition) is 7. The molecule has 0 aromatic heterocycles. The Hall–Kier alpha value is -3.57. The van der Waals surface area contributed by atoms with E-state index < -0.39 is 10.0 Å². The predicted molar refractivity (Wildman–Crippen MR) is 154 cm³/mol. The Morgan fingerprint density at radius 3 is 2.46 bits per heavy atom. The highest BCUT2D eigenvalue weighted by Gasteiger charge is 2.31. The highest BCUT2D eigenvalue weighted by atomic mass is 35.5. The zero-order valence-corrected chi connectivity index (χ0v) is 23.6. The van der Waals surface area contributed by atoms with Crippen molar-refractivity contribution in [2.75, 3.05) is 49.6 Å². The maximum atomic E-state index is 13.4. The molecule has 2 aromatic carbocycles. The monoisotopic (exact) mass is 572 g/mol. The maximum absolute atomic E-state index is 13.4. The molecule has 2 aromatic rings. The summed E-state index contributed by atoms with van der Waals surface area (Å²) in [5, 5.41) is 8.10. The SMILES string of the molecule is COC(=N)/C=C\C(N)=NS(=O)(=O)c1ccc(N2CCN(C(=O)[C@@H](C)N3CCCc4cc(Cl)ccc43)CC2)cc1. The summed E-state index contributed by atoms with van der Waals surface area (Å²) in [6.07, 6.45) is 4.35. The fourth-order valence-corrected chi connectivity index (χ4v) is 5.98. The van der Waals surface area contributed by atoms with E-state index in [0.29, 0.717) is 31.2 Å². The molecule has 0 aliphatic carbocycles. The first-order valence-electron chi connectivity index (χ1n) is 12.7. The van der Waals surface area contributed by atoms with Crippen molar-refractivity contribution < 1.29 is 17.9 Å². The van der Waals surface area contributed by atoms with Crippen molar-refractivity contribution >= 4 is 50.6 Å². The lowest BCUT2D eigenvalue weighted by Crippen LogP contribution is -2.55. The molecule has 1 fully saturated rings. The second kappa shape index (κ2) is 12.1. The number of nitrogens with zero attached hydrogens (tertiary/aromatic N) is 4. The van der Waals surface area contributed by atoms with Crippen LogP contribution in [0.15, 0.2) is 63.9 Å². The van der Waals surface area contributed by atoms with E-state index in [1.165, 1.54) is 37.0 Å². The summed E-state index contributed by atoms with van der Waals surface area (Å²) in [6.45, 7) is 5.22. The van der Waals surface area contributed by atoms with Crippen LogP contribution in [0, 0.1) is 5.41 Å². The molecule has 2 aliphatic heterocycles. The minimum Gasteiger partial charge on any atom is -0.481 e. The number of benzene rings is 2. The minimum atomic E-state index is -4.01. The lowest BCUT2D eigenvalue weighted by Gasteiger charge is -2.41. The number of carbonyl (C=O) groups is 1. The van der Waals surface area contributed by atoms with E-state index in [2.05, 4.69) is 18.9 Å². The summed E-state index contributed by atoms with van der Waals surface area (Å²) >= 11 is 6.18. The normalized spacial score (nSPS) is 17.2. The number of nitrogens with one attached hydrogen (secondary N) is 1. The van der Waals surface area contributed by atoms with Crippen molar-refractivity contribution in [3.63, 3.8) is 0 Å². The molecule has 1 amide bonds. The van der Waals surface area contributed by atoms with Crippen molar-refractivity contribution in [1.29, 1.82) is 5.41 Å². The molecule has 1 saturated heterocycles. The van der Waals surface area contributed by atoms with Gasteiger partial charge in [0.05, 0.1) is 12.0 Å². The maximum Gasteiger partial charge on any atom is 0.284 e. The molecule has 0 saturated carbocycles. The van der Waals surface area contributed by atoms with Crippen LogP contribution in [-0.2, 0) is 26.0 Å². The predicted octanol–water partition coefficient (Wildman–Crippen LogP) is 3.06. The Kier molecular flexibility index (Phi) is 8.81. The number of amidine groups is 1. The summed E-state index contributed by atoms with van der Waals surface area (Å²) in [5.41, 5.74) is 8.79. The molecule has 12 heteroatoms. The van der Waals surface area contributed by atoms with Crippen LogP contribution in [0.4, 0.5) is 11.4 Å². The molecule has 10 nitrogen and oxygen atoms in total. The first-order valence-corrected chi connectivity index (χ1v) is 14.5. The van der Waals surface area contributed by atoms with Gasteiger partial charge in [-0.1, -0.05) is 11.6 Å². The molecule has 0 unspecified atom stereocenters. The van der Waals surface area contributed by atoms with Gasteiger partial charge in [0.2, 0.25) is 11.8 Å². The number of methoxy groups -OCH3 is 1. The van der Waals surface area contributed by atoms with Crippen LogP contribution in [0.2, 0.25) is 5.02 Å². The molecule has 1 atom stereocenters. The van der Waals surface area contributed by atoms with Crippen LogP contribution in [0.1, 0.15) is 18.9 Å². The number of rotatable bonds is 7. The molecule has 4 rings (SSSR count). The van der Waals surface area contributed by atoms with Gasteiger partial charge in [0, 0.05) is 55.2 Å². The van der Waals surface area contributed by atoms with E-state index >= 15 is 0 Å². The lowest BCUT2D eigenvalue weighted by molar-refractivity contribution is -0.132. The Bertz CT molecular complexity index is 1390. The molecule has 2 aliphatic rings. The summed E-state index contributed by atoms with van der Waals surface area (Å²) < 4.78 is 33.4. The van der Waals surface area contributed by atoms with Crippen LogP contribution in [-0.4, -0.2) is 76.8 Å². The highest BCUT2D eigenvalue weighted by molar-refractivity contribution is 7.90. The Balaban J connectivity index is 1.36. The number of anilines is 2. The Labute approximate surface area is 234 Å². The number of fused-ring (bicyclic) bond motifs is 1. The van der Waals surface area contributed by atoms with Gasteiger partial charge in [0.25, 0.3) is 10.0 Å². The van der Waals surface area contributed by atoms with Gasteiger partial charge < -0.3 is 25.2 Å². The largest absolute Gasteiger partial charge is 0.481 e. The average molecular weight is 573 g/mol. The number of amides is 1. The smallest absolute Gasteiger partial charge is 0.284 e. The van der Waals surface area contributed by atoms with Crippen LogP contribution < -0.4 is 15.5 Å². The number of carbonyl (C=O) groups excluding carboxylic acids is 1. The van der Waals surface area contributed by atoms with E-state index in [-0.39, 0.29) is 28.6 Å². The summed E-state index contributed by atoms with van der Waals surface area (Å²) in [4.78, 5) is 19.6. The number of ether oxygens (including phenoxy) is 1. The van der Waals surface area contributed by atoms with Crippen LogP contribution in [0.5, 0.6) is 0 Å². The van der Waals surface area contributed by atoms with Gasteiger partial charge in [-0.15, -0.1) is 4.40 Å². The molecular formula is C27H33ClN6O4S. The molecule has 3 N–H and O–H groups in total. The zero-order valence-electron chi connectivity index (χ0n) is 22.0. The van der Waals surface area contributed by atoms with Gasteiger partial charge in [-0.2, -0.15) is 8.42 Å². The average Bonchev–Trinajstić information content (AvgIpc) is 2.94. The fraction of sp³-hybridized carbons (Fsp3) is 0.370. The number of halogens is 1. The van der Waals surface area contributed by atoms with Gasteiger partial charge in [-0.05, 0) is 73.9 Å². The van der Waals surface area contributed by atoms with Crippen molar-refractivity contribution in [3.05, 3.63) is 65.2 Å². The number of nitrogens with two attached hydrogens (primary N) is 1. The van der Waals surface area contributed by atoms with Gasteiger partial charge >= 0.3 is 0 Å². The van der Waals surface area contributed by atoms with Crippen LogP contribution in [0.3, 0.4) is 0 Å². The zero-order chi connectivity index (χ0) is 28.2. The van der Waals surface area contributed by atoms with Gasteiger partial charge in [-0.3, -0.25) is 10.2 Å². The van der Waals surface area contributed by atoms with Crippen molar-refractivity contribution in [2.24, 2.45) is 10.1 Å². The van der Waals surface area contributed by atoms with E-state index in [4.69, 9.17) is 22.7 Å². The van der Waals surface area contributed by atoms with E-state index in [9.17, 15) is 13.2 Å². The standard InChI is InChI=1S/C27H33ClN6O4S/c1-19(34-13-3-4-20-18-21(28)5-10-24(20)34)27(35)33-16-14-32(15-17-33)22-6-8-23(9-7-22)39(36,37)31-25(29)11-12-26(30)38-2/h5-12,18-19,30H,3-4,13-17H2,1-2H3,(H2,29,31)/b12-11-,30-26?/t19-/m1/s1. The lowest BCUT2D eigenvalue weighted by atomic mass is 10.00. The van der Waals surface area contributed by atoms with E-state index in [1.807, 2.05) is 30.0 Å². The van der Waals surface area contributed by atoms with Crippen molar-refractivity contribution in [3.8, 4) is 0 Å². The number of piperazine rings is 1. The Morgan fingerprint density at radius 2 is 1.79 bits per heavy atom. The number of sulfonamides is 1. The molecule has 0 spiro atoms. The third-order valence-electron chi connectivity index (χ3n) is 6.96. The van der Waals surface area contributed by atoms with Crippen LogP contribution in [0.25, 0.3) is 0 Å². The van der Waals surface area contributed by atoms with Gasteiger partial charge in [0.1, 0.15) is 11.9 Å². The Morgan fingerprint density at radius 1 is 1.10 bits per heavy atom. The topological polar surface area (TPSA) is 132 Å². The van der Waals surface area contributed by atoms with E-state index in [0.717, 1.165) is 30.8 Å². The highest BCUT2D eigenvalue weighted by Crippen LogP contribution is 2.31. The van der Waals surface area contributed by atoms with Crippen LogP contribution >= 0.6 is 11.6 Å².